The number of nitrogen functional groups attached to an aromatic ring is 1. The summed E-state index contributed by atoms with van der Waals surface area (Å²) in [4.78, 5) is 49.1. The number of imidazole rings is 1. The molecule has 3 aromatic rings. The number of aryl methyl sites for hydroxylation is 2. The molecule has 0 unspecified atom stereocenters. The highest BCUT2D eigenvalue weighted by molar-refractivity contribution is 8.00. The van der Waals surface area contributed by atoms with Gasteiger partial charge in [-0.2, -0.15) is 13.8 Å². The minimum Gasteiger partial charge on any atom is -0.543 e. The molecule has 0 spiro atoms. The molecule has 38 heavy (non-hydrogen) atoms. The van der Waals surface area contributed by atoms with Crippen molar-refractivity contribution in [3.05, 3.63) is 46.3 Å². The van der Waals surface area contributed by atoms with Gasteiger partial charge >= 0.3 is 0 Å². The Balaban J connectivity index is 1.36. The molecule has 2 aliphatic heterocycles. The molecule has 0 bridgehead atoms. The van der Waals surface area contributed by atoms with E-state index in [-0.39, 0.29) is 22.4 Å². The molecule has 1 fully saturated rings. The lowest BCUT2D eigenvalue weighted by atomic mass is 10.0. The average molecular weight is 579 g/mol. The van der Waals surface area contributed by atoms with Gasteiger partial charge in [0.25, 0.3) is 18.7 Å². The number of nitrogens with two attached hydrogens (primary N) is 1. The molecule has 5 rings (SSSR count). The van der Waals surface area contributed by atoms with Crippen molar-refractivity contribution in [1.82, 2.24) is 24.1 Å². The molecule has 2 atom stereocenters. The van der Waals surface area contributed by atoms with E-state index >= 15 is 0 Å². The molecule has 5 heterocycles. The van der Waals surface area contributed by atoms with Gasteiger partial charge in [0.15, 0.2) is 5.13 Å². The fourth-order valence-corrected chi connectivity index (χ4v) is 6.91. The first-order chi connectivity index (χ1) is 18.2. The second kappa shape index (κ2) is 10.1. The average Bonchev–Trinajstić information content (AvgIpc) is 3.55. The van der Waals surface area contributed by atoms with Crippen molar-refractivity contribution in [2.24, 2.45) is 12.2 Å². The number of anilines is 1. The zero-order chi connectivity index (χ0) is 27.1. The van der Waals surface area contributed by atoms with Gasteiger partial charge in [0.1, 0.15) is 23.3 Å². The predicted octanol–water partition coefficient (Wildman–Crippen LogP) is -0.668. The number of carbonyl (C=O) groups excluding carboxylic acids is 3. The Bertz CT molecular complexity index is 1560. The first kappa shape index (κ1) is 25.8. The maximum absolute atomic E-state index is 13.0. The lowest BCUT2D eigenvalue weighted by molar-refractivity contribution is -0.515. The van der Waals surface area contributed by atoms with E-state index in [1.165, 1.54) is 11.8 Å². The number of hydrogen-bond acceptors (Lipinski definition) is 12. The van der Waals surface area contributed by atoms with E-state index < -0.39 is 41.8 Å². The molecular formula is C21H19FN8O5S3. The van der Waals surface area contributed by atoms with Gasteiger partial charge < -0.3 is 25.8 Å². The Morgan fingerprint density at radius 2 is 2.24 bits per heavy atom. The zero-order valence-corrected chi connectivity index (χ0v) is 22.2. The van der Waals surface area contributed by atoms with Crippen LogP contribution in [0.15, 0.2) is 35.0 Å². The standard InChI is InChI=1S/C21H19FN8O5S3/c1-9-11(37-12-5-28(2)8-29(9)12)4-3-10-6-36-19-14(18(32)30(19)15(10)20(33)34)24-17(31)13(26-35-7-22)16-25-21(23)38-27-16/h3-5,8,14,19H,6-7H2,1-2H3,(H3-,23,24,25,27,31,33,34)/b4-3?,26-13-/t14-,19-/m1/s1. The largest absolute Gasteiger partial charge is 0.543 e. The van der Waals surface area contributed by atoms with Gasteiger partial charge in [0, 0.05) is 17.3 Å². The van der Waals surface area contributed by atoms with E-state index in [2.05, 4.69) is 24.7 Å². The maximum atomic E-state index is 13.0. The van der Waals surface area contributed by atoms with Crippen molar-refractivity contribution in [2.75, 3.05) is 18.3 Å². The van der Waals surface area contributed by atoms with Crippen LogP contribution in [0.4, 0.5) is 9.52 Å². The number of aliphatic carboxylic acids is 1. The van der Waals surface area contributed by atoms with Gasteiger partial charge in [-0.3, -0.25) is 14.5 Å². The number of thiazole rings is 1. The highest BCUT2D eigenvalue weighted by atomic mass is 32.2. The first-order valence-corrected chi connectivity index (χ1v) is 13.5. The first-order valence-electron chi connectivity index (χ1n) is 10.9. The molecule has 0 aromatic carbocycles. The van der Waals surface area contributed by atoms with Crippen LogP contribution in [-0.4, -0.2) is 66.3 Å². The van der Waals surface area contributed by atoms with Crippen LogP contribution in [0.1, 0.15) is 16.4 Å². The van der Waals surface area contributed by atoms with E-state index in [1.807, 2.05) is 41.5 Å². The topological polar surface area (TPSA) is 172 Å². The summed E-state index contributed by atoms with van der Waals surface area (Å²) < 4.78 is 20.3. The van der Waals surface area contributed by atoms with Crippen molar-refractivity contribution >= 4 is 74.2 Å². The number of carbonyl (C=O) groups is 3. The Hall–Kier alpha value is -3.83. The minimum atomic E-state index is -1.50. The van der Waals surface area contributed by atoms with E-state index in [4.69, 9.17) is 5.73 Å². The molecule has 0 aliphatic carbocycles. The number of nitrogens with one attached hydrogen (secondary N) is 1. The van der Waals surface area contributed by atoms with Crippen molar-refractivity contribution in [3.63, 3.8) is 0 Å². The molecule has 3 aromatic heterocycles. The number of amides is 2. The molecule has 2 aliphatic rings. The summed E-state index contributed by atoms with van der Waals surface area (Å²) >= 11 is 3.62. The van der Waals surface area contributed by atoms with Crippen LogP contribution in [0.5, 0.6) is 0 Å². The number of allylic oxidation sites excluding steroid dienone is 1. The fraction of sp³-hybridized carbons (Fsp3) is 0.286. The summed E-state index contributed by atoms with van der Waals surface area (Å²) in [6.07, 6.45) is 7.41. The number of thioether (sulfide) groups is 1. The minimum absolute atomic E-state index is 0.0448. The fourth-order valence-electron chi connectivity index (χ4n) is 4.05. The molecule has 2 amide bonds. The predicted molar refractivity (Wildman–Crippen MR) is 135 cm³/mol. The number of β-lactam (4-membered cyclic amide) rings is 1. The molecule has 0 saturated carbocycles. The Kier molecular flexibility index (Phi) is 6.89. The van der Waals surface area contributed by atoms with Crippen LogP contribution in [0.3, 0.4) is 0 Å². The highest BCUT2D eigenvalue weighted by Crippen LogP contribution is 2.40. The number of rotatable bonds is 8. The molecule has 1 saturated heterocycles. The zero-order valence-electron chi connectivity index (χ0n) is 19.8. The van der Waals surface area contributed by atoms with Gasteiger partial charge in [-0.1, -0.05) is 22.6 Å². The van der Waals surface area contributed by atoms with Crippen molar-refractivity contribution in [3.8, 4) is 0 Å². The summed E-state index contributed by atoms with van der Waals surface area (Å²) in [5, 5.41) is 17.3. The number of alkyl halides is 1. The quantitative estimate of drug-likeness (QED) is 0.152. The van der Waals surface area contributed by atoms with E-state index in [0.29, 0.717) is 5.57 Å². The lowest BCUT2D eigenvalue weighted by Gasteiger charge is -2.50. The van der Waals surface area contributed by atoms with Crippen molar-refractivity contribution in [2.45, 2.75) is 18.3 Å². The van der Waals surface area contributed by atoms with E-state index in [9.17, 15) is 23.9 Å². The normalized spacial score (nSPS) is 19.7. The van der Waals surface area contributed by atoms with Gasteiger partial charge in [0.05, 0.1) is 23.6 Å². The molecule has 0 radical (unpaired) electrons. The van der Waals surface area contributed by atoms with Gasteiger partial charge in [-0.15, -0.1) is 11.8 Å². The summed E-state index contributed by atoms with van der Waals surface area (Å²) in [6, 6.07) is -1.07. The van der Waals surface area contributed by atoms with Gasteiger partial charge in [0.2, 0.25) is 22.7 Å². The molecule has 198 valence electrons. The third-order valence-corrected chi connectivity index (χ3v) is 8.78. The number of carboxylic acid groups (broad SMARTS) is 1. The smallest absolute Gasteiger partial charge is 0.278 e. The number of hydrogen-bond donors (Lipinski definition) is 2. The summed E-state index contributed by atoms with van der Waals surface area (Å²) in [7, 11) is 1.93. The molecule has 13 nitrogen and oxygen atoms in total. The number of halogens is 1. The molecule has 17 heteroatoms. The monoisotopic (exact) mass is 578 g/mol. The van der Waals surface area contributed by atoms with Crippen LogP contribution >= 0.6 is 34.6 Å². The maximum Gasteiger partial charge on any atom is 0.278 e. The molecule has 3 N–H and O–H groups in total. The third-order valence-electron chi connectivity index (χ3n) is 5.77. The van der Waals surface area contributed by atoms with Crippen molar-refractivity contribution in [1.29, 1.82) is 0 Å². The number of carboxylic acids is 1. The van der Waals surface area contributed by atoms with Crippen molar-refractivity contribution < 1.29 is 33.1 Å². The Morgan fingerprint density at radius 3 is 2.89 bits per heavy atom. The lowest BCUT2D eigenvalue weighted by Crippen LogP contribution is -2.71. The van der Waals surface area contributed by atoms with Crippen LogP contribution in [-0.2, 0) is 26.3 Å². The van der Waals surface area contributed by atoms with E-state index in [0.717, 1.165) is 31.8 Å². The number of oxime groups is 1. The Labute approximate surface area is 226 Å². The van der Waals surface area contributed by atoms with Crippen LogP contribution in [0.2, 0.25) is 0 Å². The Morgan fingerprint density at radius 1 is 1.45 bits per heavy atom. The van der Waals surface area contributed by atoms with Crippen LogP contribution in [0.25, 0.3) is 10.9 Å². The summed E-state index contributed by atoms with van der Waals surface area (Å²) in [6.45, 7) is 0.654. The van der Waals surface area contributed by atoms with Gasteiger partial charge in [-0.25, -0.2) is 8.96 Å². The summed E-state index contributed by atoms with van der Waals surface area (Å²) in [5.41, 5.74) is 6.22. The van der Waals surface area contributed by atoms with Crippen LogP contribution in [0, 0.1) is 6.92 Å². The SMILES string of the molecule is Cc1c(C=CC2=C(C(=O)[O-])N3C(=O)[C@@H](NC(=O)/C(=N\OCF)c4nsc(N)n4)[C@H]3SC2)sc2cn(C)c[n+]12. The third kappa shape index (κ3) is 4.52. The second-order valence-electron chi connectivity index (χ2n) is 8.16. The number of fused-ring (bicyclic) bond motifs is 2. The highest BCUT2D eigenvalue weighted by Gasteiger charge is 2.53. The van der Waals surface area contributed by atoms with Crippen LogP contribution < -0.4 is 20.6 Å². The second-order valence-corrected chi connectivity index (χ2v) is 11.1. The van der Waals surface area contributed by atoms with Gasteiger partial charge in [-0.05, 0) is 18.6 Å². The van der Waals surface area contributed by atoms with E-state index in [1.54, 1.807) is 17.4 Å². The molecular weight excluding hydrogens is 559 g/mol. The number of aromatic nitrogens is 4. The number of nitrogens with zero attached hydrogens (tertiary/aromatic N) is 6. The summed E-state index contributed by atoms with van der Waals surface area (Å²) in [5.74, 6) is -2.99.